The van der Waals surface area contributed by atoms with E-state index in [1.807, 2.05) is 7.05 Å². The summed E-state index contributed by atoms with van der Waals surface area (Å²) in [7, 11) is 2.03. The Kier molecular flexibility index (Phi) is 3.76. The van der Waals surface area contributed by atoms with Gasteiger partial charge in [-0.15, -0.1) is 0 Å². The van der Waals surface area contributed by atoms with Crippen LogP contribution in [0.15, 0.2) is 12.1 Å². The fourth-order valence-corrected chi connectivity index (χ4v) is 2.65. The van der Waals surface area contributed by atoms with Gasteiger partial charge in [0.1, 0.15) is 0 Å². The summed E-state index contributed by atoms with van der Waals surface area (Å²) < 4.78 is 2.11. The first kappa shape index (κ1) is 13.1. The Morgan fingerprint density at radius 2 is 2.33 bits per heavy atom. The SMILES string of the molecule is CCC1(C(=O)NCc2ccc(C)n2C)CCCN1. The van der Waals surface area contributed by atoms with Crippen LogP contribution in [-0.2, 0) is 18.4 Å². The maximum absolute atomic E-state index is 12.3. The van der Waals surface area contributed by atoms with E-state index in [9.17, 15) is 4.79 Å². The van der Waals surface area contributed by atoms with E-state index in [2.05, 4.69) is 41.2 Å². The Hall–Kier alpha value is -1.29. The van der Waals surface area contributed by atoms with Gasteiger partial charge in [0.15, 0.2) is 0 Å². The molecule has 0 radical (unpaired) electrons. The number of carbonyl (C=O) groups is 1. The van der Waals surface area contributed by atoms with Crippen molar-refractivity contribution in [1.29, 1.82) is 0 Å². The lowest BCUT2D eigenvalue weighted by Crippen LogP contribution is -2.52. The molecule has 2 heterocycles. The predicted octanol–water partition coefficient (Wildman–Crippen LogP) is 1.48. The summed E-state index contributed by atoms with van der Waals surface area (Å²) in [5, 5.41) is 6.42. The standard InChI is InChI=1S/C14H23N3O/c1-4-14(8-5-9-16-14)13(18)15-10-12-7-6-11(2)17(12)3/h6-7,16H,4-5,8-10H2,1-3H3,(H,15,18). The molecule has 2 N–H and O–H groups in total. The van der Waals surface area contributed by atoms with Crippen molar-refractivity contribution >= 4 is 5.91 Å². The van der Waals surface area contributed by atoms with Gasteiger partial charge in [-0.05, 0) is 44.9 Å². The van der Waals surface area contributed by atoms with E-state index >= 15 is 0 Å². The van der Waals surface area contributed by atoms with Crippen molar-refractivity contribution in [3.05, 3.63) is 23.5 Å². The van der Waals surface area contributed by atoms with E-state index in [-0.39, 0.29) is 11.4 Å². The molecule has 4 nitrogen and oxygen atoms in total. The molecule has 1 fully saturated rings. The first-order valence-electron chi connectivity index (χ1n) is 6.73. The fraction of sp³-hybridized carbons (Fsp3) is 0.643. The minimum absolute atomic E-state index is 0.140. The highest BCUT2D eigenvalue weighted by molar-refractivity contribution is 5.86. The molecule has 2 rings (SSSR count). The molecule has 1 aliphatic rings. The molecule has 1 atom stereocenters. The Morgan fingerprint density at radius 1 is 1.56 bits per heavy atom. The van der Waals surface area contributed by atoms with Crippen LogP contribution in [0, 0.1) is 6.92 Å². The van der Waals surface area contributed by atoms with E-state index in [0.717, 1.165) is 31.5 Å². The average Bonchev–Trinajstić information content (AvgIpc) is 2.97. The molecule has 1 amide bonds. The van der Waals surface area contributed by atoms with Gasteiger partial charge in [0.25, 0.3) is 0 Å². The molecule has 0 aliphatic carbocycles. The summed E-state index contributed by atoms with van der Waals surface area (Å²) >= 11 is 0. The maximum Gasteiger partial charge on any atom is 0.240 e. The van der Waals surface area contributed by atoms with Gasteiger partial charge in [-0.1, -0.05) is 6.92 Å². The summed E-state index contributed by atoms with van der Waals surface area (Å²) in [5.41, 5.74) is 2.02. The Balaban J connectivity index is 1.98. The smallest absolute Gasteiger partial charge is 0.240 e. The molecule has 0 spiro atoms. The molecule has 4 heteroatoms. The second kappa shape index (κ2) is 5.14. The molecule has 0 bridgehead atoms. The monoisotopic (exact) mass is 249 g/mol. The van der Waals surface area contributed by atoms with Crippen LogP contribution in [-0.4, -0.2) is 22.6 Å². The van der Waals surface area contributed by atoms with Crippen LogP contribution < -0.4 is 10.6 Å². The van der Waals surface area contributed by atoms with Crippen LogP contribution in [0.5, 0.6) is 0 Å². The number of rotatable bonds is 4. The topological polar surface area (TPSA) is 46.1 Å². The van der Waals surface area contributed by atoms with E-state index in [0.29, 0.717) is 6.54 Å². The molecular formula is C14H23N3O. The zero-order chi connectivity index (χ0) is 13.2. The lowest BCUT2D eigenvalue weighted by Gasteiger charge is -2.26. The van der Waals surface area contributed by atoms with Crippen LogP contribution in [0.2, 0.25) is 0 Å². The summed E-state index contributed by atoms with van der Waals surface area (Å²) in [4.78, 5) is 12.3. The Labute approximate surface area is 109 Å². The number of hydrogen-bond donors (Lipinski definition) is 2. The van der Waals surface area contributed by atoms with Crippen molar-refractivity contribution in [3.63, 3.8) is 0 Å². The zero-order valence-corrected chi connectivity index (χ0v) is 11.5. The van der Waals surface area contributed by atoms with Crippen molar-refractivity contribution < 1.29 is 4.79 Å². The van der Waals surface area contributed by atoms with Gasteiger partial charge >= 0.3 is 0 Å². The van der Waals surface area contributed by atoms with Crippen LogP contribution in [0.4, 0.5) is 0 Å². The van der Waals surface area contributed by atoms with Crippen LogP contribution in [0.25, 0.3) is 0 Å². The maximum atomic E-state index is 12.3. The van der Waals surface area contributed by atoms with Crippen LogP contribution >= 0.6 is 0 Å². The van der Waals surface area contributed by atoms with E-state index < -0.39 is 0 Å². The zero-order valence-electron chi connectivity index (χ0n) is 11.5. The Morgan fingerprint density at radius 3 is 2.83 bits per heavy atom. The minimum atomic E-state index is -0.333. The largest absolute Gasteiger partial charge is 0.350 e. The van der Waals surface area contributed by atoms with Gasteiger partial charge in [-0.25, -0.2) is 0 Å². The van der Waals surface area contributed by atoms with Gasteiger partial charge in [-0.3, -0.25) is 4.79 Å². The molecule has 1 unspecified atom stereocenters. The Bertz CT molecular complexity index is 430. The number of nitrogens with zero attached hydrogens (tertiary/aromatic N) is 1. The summed E-state index contributed by atoms with van der Waals surface area (Å²) in [6.07, 6.45) is 2.89. The van der Waals surface area contributed by atoms with E-state index in [4.69, 9.17) is 0 Å². The number of aromatic nitrogens is 1. The lowest BCUT2D eigenvalue weighted by molar-refractivity contribution is -0.127. The number of aryl methyl sites for hydroxylation is 1. The van der Waals surface area contributed by atoms with Gasteiger partial charge in [0, 0.05) is 18.4 Å². The van der Waals surface area contributed by atoms with E-state index in [1.165, 1.54) is 5.69 Å². The van der Waals surface area contributed by atoms with Gasteiger partial charge < -0.3 is 15.2 Å². The average molecular weight is 249 g/mol. The second-order valence-electron chi connectivity index (χ2n) is 5.17. The molecule has 0 aromatic carbocycles. The number of hydrogen-bond acceptors (Lipinski definition) is 2. The lowest BCUT2D eigenvalue weighted by atomic mass is 9.93. The van der Waals surface area contributed by atoms with Crippen LogP contribution in [0.1, 0.15) is 37.6 Å². The molecule has 1 aliphatic heterocycles. The third kappa shape index (κ3) is 2.29. The molecule has 18 heavy (non-hydrogen) atoms. The third-order valence-electron chi connectivity index (χ3n) is 4.19. The second-order valence-corrected chi connectivity index (χ2v) is 5.17. The number of carbonyl (C=O) groups excluding carboxylic acids is 1. The van der Waals surface area contributed by atoms with Crippen molar-refractivity contribution in [1.82, 2.24) is 15.2 Å². The van der Waals surface area contributed by atoms with Crippen molar-refractivity contribution in [2.45, 2.75) is 45.2 Å². The van der Waals surface area contributed by atoms with Crippen molar-refractivity contribution in [2.24, 2.45) is 7.05 Å². The predicted molar refractivity (Wildman–Crippen MR) is 72.3 cm³/mol. The molecule has 1 aromatic rings. The number of amides is 1. The highest BCUT2D eigenvalue weighted by Gasteiger charge is 2.38. The van der Waals surface area contributed by atoms with Crippen molar-refractivity contribution in [3.8, 4) is 0 Å². The van der Waals surface area contributed by atoms with Gasteiger partial charge in [0.05, 0.1) is 12.1 Å². The summed E-state index contributed by atoms with van der Waals surface area (Å²) in [6, 6.07) is 4.14. The molecular weight excluding hydrogens is 226 g/mol. The minimum Gasteiger partial charge on any atom is -0.350 e. The fourth-order valence-electron chi connectivity index (χ4n) is 2.65. The third-order valence-corrected chi connectivity index (χ3v) is 4.19. The molecule has 100 valence electrons. The quantitative estimate of drug-likeness (QED) is 0.849. The summed E-state index contributed by atoms with van der Waals surface area (Å²) in [5.74, 6) is 0.140. The highest BCUT2D eigenvalue weighted by Crippen LogP contribution is 2.23. The molecule has 1 saturated heterocycles. The van der Waals surface area contributed by atoms with Crippen LogP contribution in [0.3, 0.4) is 0 Å². The van der Waals surface area contributed by atoms with E-state index in [1.54, 1.807) is 0 Å². The first-order chi connectivity index (χ1) is 8.59. The normalized spacial score (nSPS) is 23.3. The molecule has 1 aromatic heterocycles. The summed E-state index contributed by atoms with van der Waals surface area (Å²) in [6.45, 7) is 5.69. The van der Waals surface area contributed by atoms with Gasteiger partial charge in [0.2, 0.25) is 5.91 Å². The van der Waals surface area contributed by atoms with Crippen molar-refractivity contribution in [2.75, 3.05) is 6.54 Å². The number of nitrogens with one attached hydrogen (secondary N) is 2. The first-order valence-corrected chi connectivity index (χ1v) is 6.73. The molecule has 0 saturated carbocycles. The highest BCUT2D eigenvalue weighted by atomic mass is 16.2. The van der Waals surface area contributed by atoms with Gasteiger partial charge in [-0.2, -0.15) is 0 Å².